The van der Waals surface area contributed by atoms with Gasteiger partial charge in [-0.25, -0.2) is 4.99 Å². The molecule has 0 saturated carbocycles. The summed E-state index contributed by atoms with van der Waals surface area (Å²) in [5, 5.41) is 7.46. The molecule has 0 aliphatic rings. The van der Waals surface area contributed by atoms with Gasteiger partial charge in [-0.05, 0) is 30.7 Å². The van der Waals surface area contributed by atoms with Crippen LogP contribution >= 0.6 is 0 Å². The van der Waals surface area contributed by atoms with Crippen LogP contribution in [0.5, 0.6) is 5.75 Å². The summed E-state index contributed by atoms with van der Waals surface area (Å²) < 4.78 is 7.34. The number of hydrogen-bond acceptors (Lipinski definition) is 5. The number of ether oxygens (including phenoxy) is 1. The lowest BCUT2D eigenvalue weighted by Gasteiger charge is -2.12. The molecule has 0 radical (unpaired) electrons. The first-order chi connectivity index (χ1) is 14.4. The molecule has 0 bridgehead atoms. The van der Waals surface area contributed by atoms with E-state index in [2.05, 4.69) is 34.1 Å². The van der Waals surface area contributed by atoms with Crippen molar-refractivity contribution in [2.45, 2.75) is 13.3 Å². The first-order valence-electron chi connectivity index (χ1n) is 9.63. The van der Waals surface area contributed by atoms with Crippen LogP contribution in [-0.2, 0) is 13.5 Å². The van der Waals surface area contributed by atoms with Gasteiger partial charge >= 0.3 is 0 Å². The van der Waals surface area contributed by atoms with Crippen molar-refractivity contribution in [3.63, 3.8) is 0 Å². The average Bonchev–Trinajstić information content (AvgIpc) is 3.14. The fourth-order valence-corrected chi connectivity index (χ4v) is 3.13. The Bertz CT molecular complexity index is 1080. The summed E-state index contributed by atoms with van der Waals surface area (Å²) in [6, 6.07) is 16.0. The highest BCUT2D eigenvalue weighted by Gasteiger charge is 2.09. The maximum Gasteiger partial charge on any atom is 0.128 e. The lowest BCUT2D eigenvalue weighted by molar-refractivity contribution is 0.416. The topological polar surface area (TPSA) is 77.5 Å². The number of rotatable bonds is 8. The third-order valence-corrected chi connectivity index (χ3v) is 4.41. The first-order valence-corrected chi connectivity index (χ1v) is 9.63. The Balaban J connectivity index is 1.80. The molecule has 2 aromatic carbocycles. The maximum absolute atomic E-state index is 5.89. The standard InChI is InChI=1S/C24H27N5O/c1-17(25)12-22(13-19-8-6-5-7-9-19)28-18(2)27-21-10-11-23(24(14-21)30-4)20-15-26-29(3)16-20/h5-12,14-16,27H,2,13,25H2,1,3-4H3/b17-12-,28-22?. The van der Waals surface area contributed by atoms with Crippen molar-refractivity contribution in [1.29, 1.82) is 0 Å². The number of nitrogens with one attached hydrogen (secondary N) is 1. The van der Waals surface area contributed by atoms with Gasteiger partial charge < -0.3 is 15.8 Å². The highest BCUT2D eigenvalue weighted by atomic mass is 16.5. The van der Waals surface area contributed by atoms with Crippen molar-refractivity contribution in [3.05, 3.63) is 90.7 Å². The van der Waals surface area contributed by atoms with E-state index in [0.717, 1.165) is 33.8 Å². The summed E-state index contributed by atoms with van der Waals surface area (Å²) in [5.74, 6) is 1.27. The lowest BCUT2D eigenvalue weighted by Crippen LogP contribution is -2.06. The van der Waals surface area contributed by atoms with E-state index in [4.69, 9.17) is 10.5 Å². The molecule has 1 heterocycles. The predicted octanol–water partition coefficient (Wildman–Crippen LogP) is 4.53. The Morgan fingerprint density at radius 2 is 2.03 bits per heavy atom. The molecule has 0 spiro atoms. The Morgan fingerprint density at radius 3 is 2.67 bits per heavy atom. The van der Waals surface area contributed by atoms with Crippen molar-refractivity contribution in [1.82, 2.24) is 9.78 Å². The molecule has 30 heavy (non-hydrogen) atoms. The SMILES string of the molecule is C=C(N=C(/C=C(/C)N)Cc1ccccc1)Nc1ccc(-c2cnn(C)c2)c(OC)c1. The molecule has 0 aliphatic carbocycles. The van der Waals surface area contributed by atoms with Gasteiger partial charge in [-0.1, -0.05) is 36.9 Å². The molecular weight excluding hydrogens is 374 g/mol. The van der Waals surface area contributed by atoms with Gasteiger partial charge in [0.15, 0.2) is 0 Å². The highest BCUT2D eigenvalue weighted by Crippen LogP contribution is 2.32. The molecule has 0 unspecified atom stereocenters. The number of hydrogen-bond donors (Lipinski definition) is 2. The molecule has 0 aliphatic heterocycles. The Labute approximate surface area is 177 Å². The Hall–Kier alpha value is -3.80. The van der Waals surface area contributed by atoms with Gasteiger partial charge in [0.25, 0.3) is 0 Å². The van der Waals surface area contributed by atoms with E-state index in [1.54, 1.807) is 11.8 Å². The monoisotopic (exact) mass is 401 g/mol. The summed E-state index contributed by atoms with van der Waals surface area (Å²) in [6.45, 7) is 5.90. The van der Waals surface area contributed by atoms with Crippen molar-refractivity contribution < 1.29 is 4.74 Å². The van der Waals surface area contributed by atoms with Gasteiger partial charge in [0.05, 0.1) is 13.3 Å². The van der Waals surface area contributed by atoms with Crippen LogP contribution in [0.3, 0.4) is 0 Å². The van der Waals surface area contributed by atoms with Crippen molar-refractivity contribution in [2.24, 2.45) is 17.8 Å². The van der Waals surface area contributed by atoms with Gasteiger partial charge in [0, 0.05) is 54.0 Å². The van der Waals surface area contributed by atoms with Crippen molar-refractivity contribution >= 4 is 11.4 Å². The number of benzene rings is 2. The van der Waals surface area contributed by atoms with E-state index in [-0.39, 0.29) is 0 Å². The Kier molecular flexibility index (Phi) is 6.70. The van der Waals surface area contributed by atoms with Gasteiger partial charge in [-0.3, -0.25) is 4.68 Å². The summed E-state index contributed by atoms with van der Waals surface area (Å²) >= 11 is 0. The minimum absolute atomic E-state index is 0.523. The molecule has 0 saturated heterocycles. The third kappa shape index (κ3) is 5.61. The van der Waals surface area contributed by atoms with E-state index >= 15 is 0 Å². The molecule has 0 fully saturated rings. The first kappa shape index (κ1) is 20.9. The van der Waals surface area contributed by atoms with Crippen LogP contribution in [0.1, 0.15) is 12.5 Å². The minimum atomic E-state index is 0.523. The van der Waals surface area contributed by atoms with Crippen LogP contribution in [0.4, 0.5) is 5.69 Å². The molecule has 6 heteroatoms. The second-order valence-corrected chi connectivity index (χ2v) is 7.04. The van der Waals surface area contributed by atoms with Crippen LogP contribution < -0.4 is 15.8 Å². The van der Waals surface area contributed by atoms with Crippen LogP contribution in [0.15, 0.2) is 90.1 Å². The van der Waals surface area contributed by atoms with E-state index < -0.39 is 0 Å². The molecule has 0 amide bonds. The largest absolute Gasteiger partial charge is 0.496 e. The molecule has 154 valence electrons. The number of allylic oxidation sites excluding steroid dienone is 2. The van der Waals surface area contributed by atoms with E-state index in [0.29, 0.717) is 17.9 Å². The quantitative estimate of drug-likeness (QED) is 0.544. The number of aryl methyl sites for hydroxylation is 1. The predicted molar refractivity (Wildman–Crippen MR) is 123 cm³/mol. The normalized spacial score (nSPS) is 12.0. The van der Waals surface area contributed by atoms with Gasteiger partial charge in [0.1, 0.15) is 11.6 Å². The van der Waals surface area contributed by atoms with E-state index in [1.165, 1.54) is 0 Å². The summed E-state index contributed by atoms with van der Waals surface area (Å²) in [7, 11) is 3.54. The number of nitrogens with zero attached hydrogens (tertiary/aromatic N) is 3. The van der Waals surface area contributed by atoms with Crippen LogP contribution in [-0.4, -0.2) is 22.6 Å². The second-order valence-electron chi connectivity index (χ2n) is 7.04. The molecule has 0 atom stereocenters. The van der Waals surface area contributed by atoms with Crippen LogP contribution in [0.2, 0.25) is 0 Å². The number of methoxy groups -OCH3 is 1. The molecule has 1 aromatic heterocycles. The average molecular weight is 402 g/mol. The fourth-order valence-electron chi connectivity index (χ4n) is 3.13. The van der Waals surface area contributed by atoms with Crippen molar-refractivity contribution in [3.8, 4) is 16.9 Å². The number of anilines is 1. The molecule has 3 rings (SSSR count). The number of nitrogens with two attached hydrogens (primary N) is 1. The summed E-state index contributed by atoms with van der Waals surface area (Å²) in [6.07, 6.45) is 6.29. The van der Waals surface area contributed by atoms with Gasteiger partial charge in [0.2, 0.25) is 0 Å². The van der Waals surface area contributed by atoms with E-state index in [9.17, 15) is 0 Å². The zero-order valence-electron chi connectivity index (χ0n) is 17.6. The lowest BCUT2D eigenvalue weighted by atomic mass is 10.1. The molecule has 3 aromatic rings. The zero-order chi connectivity index (χ0) is 21.5. The molecule has 6 nitrogen and oxygen atoms in total. The number of aliphatic imine (C=N–C) groups is 1. The van der Waals surface area contributed by atoms with Crippen LogP contribution in [0, 0.1) is 0 Å². The fraction of sp³-hybridized carbons (Fsp3) is 0.167. The number of aromatic nitrogens is 2. The van der Waals surface area contributed by atoms with Crippen molar-refractivity contribution in [2.75, 3.05) is 12.4 Å². The molecular formula is C24H27N5O. The highest BCUT2D eigenvalue weighted by molar-refractivity contribution is 5.97. The zero-order valence-corrected chi connectivity index (χ0v) is 17.6. The van der Waals surface area contributed by atoms with Gasteiger partial charge in [-0.2, -0.15) is 5.10 Å². The summed E-state index contributed by atoms with van der Waals surface area (Å²) in [5.41, 5.74) is 11.4. The third-order valence-electron chi connectivity index (χ3n) is 4.41. The summed E-state index contributed by atoms with van der Waals surface area (Å²) in [4.78, 5) is 4.65. The van der Waals surface area contributed by atoms with E-state index in [1.807, 2.05) is 68.8 Å². The Morgan fingerprint density at radius 1 is 1.27 bits per heavy atom. The maximum atomic E-state index is 5.89. The van der Waals surface area contributed by atoms with Crippen LogP contribution in [0.25, 0.3) is 11.1 Å². The smallest absolute Gasteiger partial charge is 0.128 e. The molecule has 3 N–H and O–H groups in total. The van der Waals surface area contributed by atoms with Gasteiger partial charge in [-0.15, -0.1) is 0 Å². The second kappa shape index (κ2) is 9.60. The minimum Gasteiger partial charge on any atom is -0.496 e.